The highest BCUT2D eigenvalue weighted by atomic mass is 35.5. The van der Waals surface area contributed by atoms with Crippen LogP contribution in [0.5, 0.6) is 0 Å². The van der Waals surface area contributed by atoms with E-state index >= 15 is 0 Å². The fourth-order valence-corrected chi connectivity index (χ4v) is 0.327. The summed E-state index contributed by atoms with van der Waals surface area (Å²) < 4.78 is 0.181. The summed E-state index contributed by atoms with van der Waals surface area (Å²) in [5.41, 5.74) is 0. The van der Waals surface area contributed by atoms with Crippen molar-refractivity contribution >= 4 is 29.9 Å². The molecule has 0 rings (SSSR count). The monoisotopic (exact) mass is 139 g/mol. The molecule has 0 aliphatic carbocycles. The Kier molecular flexibility index (Phi) is 2.79. The van der Waals surface area contributed by atoms with Crippen LogP contribution in [-0.4, -0.2) is 11.5 Å². The van der Waals surface area contributed by atoms with Gasteiger partial charge in [-0.05, 0) is 0 Å². The van der Waals surface area contributed by atoms with E-state index in [1.807, 2.05) is 0 Å². The topological polar surface area (TPSA) is 26.1 Å². The third kappa shape index (κ3) is 5.79. The van der Waals surface area contributed by atoms with E-state index in [4.69, 9.17) is 23.2 Å². The predicted octanol–water partition coefficient (Wildman–Crippen LogP) is 1.47. The summed E-state index contributed by atoms with van der Waals surface area (Å²) in [4.78, 5) is 0. The van der Waals surface area contributed by atoms with Gasteiger partial charge in [0.05, 0.1) is 0 Å². The van der Waals surface area contributed by atoms with E-state index in [2.05, 4.69) is 6.72 Å². The van der Waals surface area contributed by atoms with Gasteiger partial charge in [-0.15, -0.1) is 0 Å². The quantitative estimate of drug-likeness (QED) is 0.234. The van der Waals surface area contributed by atoms with Crippen molar-refractivity contribution in [1.82, 2.24) is 0 Å². The summed E-state index contributed by atoms with van der Waals surface area (Å²) in [6.07, 6.45) is 0.948. The molecule has 0 saturated carbocycles. The minimum Gasteiger partial charge on any atom is -0.619 e. The lowest BCUT2D eigenvalue weighted by atomic mass is 11.0. The van der Waals surface area contributed by atoms with Crippen molar-refractivity contribution in [3.63, 3.8) is 0 Å². The van der Waals surface area contributed by atoms with Gasteiger partial charge >= 0.3 is 0 Å². The zero-order chi connectivity index (χ0) is 5.86. The van der Waals surface area contributed by atoms with Crippen LogP contribution in [0.2, 0.25) is 0 Å². The lowest BCUT2D eigenvalue weighted by Gasteiger charge is -1.87. The van der Waals surface area contributed by atoms with Gasteiger partial charge in [0, 0.05) is 0 Å². The molecule has 0 spiro atoms. The largest absolute Gasteiger partial charge is 0.619 e. The molecular formula is C3H3Cl2NO. The molecule has 0 aromatic heterocycles. The highest BCUT2D eigenvalue weighted by molar-refractivity contribution is 6.55. The number of rotatable bonds is 1. The van der Waals surface area contributed by atoms with Crippen molar-refractivity contribution in [2.45, 2.75) is 0 Å². The molecule has 4 heteroatoms. The van der Waals surface area contributed by atoms with Crippen molar-refractivity contribution in [3.05, 3.63) is 15.9 Å². The van der Waals surface area contributed by atoms with Gasteiger partial charge in [-0.25, -0.2) is 0 Å². The lowest BCUT2D eigenvalue weighted by molar-refractivity contribution is -0.367. The maximum Gasteiger partial charge on any atom is 0.209 e. The van der Waals surface area contributed by atoms with Crippen molar-refractivity contribution < 1.29 is 4.74 Å². The summed E-state index contributed by atoms with van der Waals surface area (Å²) in [5, 5.41) is 9.81. The van der Waals surface area contributed by atoms with E-state index in [1.54, 1.807) is 0 Å². The average Bonchev–Trinajstić information content (AvgIpc) is 1.27. The molecule has 0 N–H and O–H groups in total. The SMILES string of the molecule is C=[N+]([O-])C=C(Cl)Cl. The first kappa shape index (κ1) is 6.79. The molecule has 0 aliphatic rings. The van der Waals surface area contributed by atoms with Crippen LogP contribution < -0.4 is 0 Å². The maximum absolute atomic E-state index is 9.81. The van der Waals surface area contributed by atoms with E-state index in [-0.39, 0.29) is 9.23 Å². The fourth-order valence-electron chi connectivity index (χ4n) is 0.109. The first-order valence-corrected chi connectivity index (χ1v) is 2.18. The Balaban J connectivity index is 3.68. The molecule has 0 aromatic rings. The van der Waals surface area contributed by atoms with Gasteiger partial charge in [0.15, 0.2) is 4.49 Å². The summed E-state index contributed by atoms with van der Waals surface area (Å²) >= 11 is 10.0. The Bertz CT molecular complexity index is 106. The second kappa shape index (κ2) is 2.88. The van der Waals surface area contributed by atoms with Gasteiger partial charge in [0.2, 0.25) is 6.20 Å². The molecule has 0 bridgehead atoms. The Hall–Kier alpha value is -0.210. The van der Waals surface area contributed by atoms with E-state index in [0.717, 1.165) is 6.20 Å². The Morgan fingerprint density at radius 1 is 1.71 bits per heavy atom. The standard InChI is InChI=1S/C3H3Cl2NO/c1-6(7)2-3(4)5/h2H,1H2. The molecule has 0 radical (unpaired) electrons. The third-order valence-electron chi connectivity index (χ3n) is 0.242. The molecule has 0 heterocycles. The van der Waals surface area contributed by atoms with Crippen LogP contribution in [0.4, 0.5) is 0 Å². The second-order valence-corrected chi connectivity index (χ2v) is 1.84. The molecule has 0 aromatic carbocycles. The highest BCUT2D eigenvalue weighted by Crippen LogP contribution is 2.04. The van der Waals surface area contributed by atoms with E-state index in [9.17, 15) is 5.21 Å². The van der Waals surface area contributed by atoms with E-state index in [1.165, 1.54) is 0 Å². The van der Waals surface area contributed by atoms with Crippen LogP contribution in [0.3, 0.4) is 0 Å². The molecule has 0 amide bonds. The van der Waals surface area contributed by atoms with Gasteiger partial charge < -0.3 is 5.21 Å². The predicted molar refractivity (Wildman–Crippen MR) is 30.5 cm³/mol. The molecular weight excluding hydrogens is 137 g/mol. The Morgan fingerprint density at radius 2 is 2.14 bits per heavy atom. The molecule has 0 saturated heterocycles. The van der Waals surface area contributed by atoms with Crippen LogP contribution in [-0.2, 0) is 0 Å². The van der Waals surface area contributed by atoms with Gasteiger partial charge in [0.25, 0.3) is 0 Å². The van der Waals surface area contributed by atoms with Gasteiger partial charge in [-0.1, -0.05) is 23.2 Å². The van der Waals surface area contributed by atoms with Crippen molar-refractivity contribution in [2.24, 2.45) is 0 Å². The molecule has 2 nitrogen and oxygen atoms in total. The fraction of sp³-hybridized carbons (Fsp3) is 0. The molecule has 0 fully saturated rings. The normalized spacial score (nSPS) is 7.71. The zero-order valence-electron chi connectivity index (χ0n) is 3.40. The van der Waals surface area contributed by atoms with E-state index < -0.39 is 0 Å². The van der Waals surface area contributed by atoms with Crippen molar-refractivity contribution in [2.75, 3.05) is 0 Å². The van der Waals surface area contributed by atoms with Gasteiger partial charge in [0.1, 0.15) is 6.72 Å². The first-order chi connectivity index (χ1) is 3.13. The number of hydroxylamine groups is 1. The van der Waals surface area contributed by atoms with Crippen LogP contribution in [0.1, 0.15) is 0 Å². The summed E-state index contributed by atoms with van der Waals surface area (Å²) in [5.74, 6) is 0. The number of nitrogens with zero attached hydrogens (tertiary/aromatic N) is 1. The maximum atomic E-state index is 9.81. The molecule has 0 unspecified atom stereocenters. The lowest BCUT2D eigenvalue weighted by Crippen LogP contribution is -1.83. The summed E-state index contributed by atoms with van der Waals surface area (Å²) in [7, 11) is 0. The van der Waals surface area contributed by atoms with Crippen LogP contribution >= 0.6 is 23.2 Å². The Morgan fingerprint density at radius 3 is 2.14 bits per heavy atom. The summed E-state index contributed by atoms with van der Waals surface area (Å²) in [6, 6.07) is 0. The second-order valence-electron chi connectivity index (χ2n) is 0.836. The van der Waals surface area contributed by atoms with Crippen LogP contribution in [0.15, 0.2) is 10.7 Å². The highest BCUT2D eigenvalue weighted by Gasteiger charge is 1.83. The Labute approximate surface area is 51.2 Å². The van der Waals surface area contributed by atoms with Crippen molar-refractivity contribution in [3.8, 4) is 0 Å². The third-order valence-corrected chi connectivity index (χ3v) is 0.437. The van der Waals surface area contributed by atoms with Crippen molar-refractivity contribution in [1.29, 1.82) is 0 Å². The molecule has 0 aliphatic heterocycles. The molecule has 0 atom stereocenters. The minimum absolute atomic E-state index is 0.0926. The van der Waals surface area contributed by atoms with Crippen LogP contribution in [0.25, 0.3) is 0 Å². The molecule has 7 heavy (non-hydrogen) atoms. The number of halogens is 2. The zero-order valence-corrected chi connectivity index (χ0v) is 4.91. The average molecular weight is 140 g/mol. The van der Waals surface area contributed by atoms with E-state index in [0.29, 0.717) is 0 Å². The smallest absolute Gasteiger partial charge is 0.209 e. The van der Waals surface area contributed by atoms with Crippen LogP contribution in [0, 0.1) is 5.21 Å². The first-order valence-electron chi connectivity index (χ1n) is 1.42. The van der Waals surface area contributed by atoms with Gasteiger partial charge in [-0.3, -0.25) is 0 Å². The molecule has 40 valence electrons. The summed E-state index contributed by atoms with van der Waals surface area (Å²) in [6.45, 7) is 2.91. The number of hydrogen-bond acceptors (Lipinski definition) is 1. The van der Waals surface area contributed by atoms with Gasteiger partial charge in [-0.2, -0.15) is 4.74 Å². The minimum atomic E-state index is -0.0926. The number of hydrogen-bond donors (Lipinski definition) is 0.